The van der Waals surface area contributed by atoms with Crippen molar-refractivity contribution in [3.63, 3.8) is 0 Å². The van der Waals surface area contributed by atoms with Crippen LogP contribution in [0.5, 0.6) is 0 Å². The summed E-state index contributed by atoms with van der Waals surface area (Å²) in [5, 5.41) is 4.86. The number of aryl methyl sites for hydroxylation is 2. The van der Waals surface area contributed by atoms with E-state index in [9.17, 15) is 4.39 Å². The molecule has 144 valence electrons. The predicted molar refractivity (Wildman–Crippen MR) is 109 cm³/mol. The molecule has 0 aliphatic rings. The number of nitrogens with zero attached hydrogens (tertiary/aromatic N) is 5. The first-order valence-corrected chi connectivity index (χ1v) is 9.64. The van der Waals surface area contributed by atoms with Crippen molar-refractivity contribution in [2.75, 3.05) is 0 Å². The predicted octanol–water partition coefficient (Wildman–Crippen LogP) is 5.41. The normalized spacial score (nSPS) is 11.6. The summed E-state index contributed by atoms with van der Waals surface area (Å²) in [4.78, 5) is 8.96. The molecule has 0 saturated heterocycles. The molecule has 0 saturated carbocycles. The molecule has 0 unspecified atom stereocenters. The van der Waals surface area contributed by atoms with Crippen LogP contribution in [-0.4, -0.2) is 24.1 Å². The monoisotopic (exact) mass is 397 g/mol. The van der Waals surface area contributed by atoms with E-state index < -0.39 is 5.82 Å². The number of rotatable bonds is 5. The van der Waals surface area contributed by atoms with Gasteiger partial charge in [-0.1, -0.05) is 25.4 Å². The zero-order valence-corrected chi connectivity index (χ0v) is 16.8. The quantitative estimate of drug-likeness (QED) is 0.452. The van der Waals surface area contributed by atoms with Gasteiger partial charge < -0.3 is 4.57 Å². The SMILES string of the molecule is Cc1cnc2ccc(-c3c(-c4ccc(F)c(Cl)c4)ncn3CCC(C)C)nn12. The van der Waals surface area contributed by atoms with E-state index in [4.69, 9.17) is 16.7 Å². The lowest BCUT2D eigenvalue weighted by Crippen LogP contribution is -2.05. The average molecular weight is 398 g/mol. The lowest BCUT2D eigenvalue weighted by Gasteiger charge is -2.12. The van der Waals surface area contributed by atoms with Crippen LogP contribution in [-0.2, 0) is 6.54 Å². The fourth-order valence-electron chi connectivity index (χ4n) is 3.19. The highest BCUT2D eigenvalue weighted by atomic mass is 35.5. The summed E-state index contributed by atoms with van der Waals surface area (Å²) < 4.78 is 17.6. The standard InChI is InChI=1S/C21H21ClFN5/c1-13(2)8-9-27-12-25-20(15-4-5-17(23)16(22)10-15)21(27)18-6-7-19-24-11-14(3)28(19)26-18/h4-7,10-13H,8-9H2,1-3H3. The first-order valence-electron chi connectivity index (χ1n) is 9.26. The Bertz CT molecular complexity index is 1150. The van der Waals surface area contributed by atoms with Crippen molar-refractivity contribution in [1.29, 1.82) is 0 Å². The van der Waals surface area contributed by atoms with E-state index in [1.807, 2.05) is 29.9 Å². The summed E-state index contributed by atoms with van der Waals surface area (Å²) in [5.41, 5.74) is 4.91. The molecule has 7 heteroatoms. The zero-order valence-electron chi connectivity index (χ0n) is 16.0. The molecule has 28 heavy (non-hydrogen) atoms. The van der Waals surface area contributed by atoms with Crippen molar-refractivity contribution in [2.24, 2.45) is 5.92 Å². The average Bonchev–Trinajstić information content (AvgIpc) is 3.26. The van der Waals surface area contributed by atoms with Gasteiger partial charge in [0.05, 0.1) is 34.6 Å². The second-order valence-corrected chi connectivity index (χ2v) is 7.74. The van der Waals surface area contributed by atoms with E-state index in [1.165, 1.54) is 6.07 Å². The van der Waals surface area contributed by atoms with Gasteiger partial charge >= 0.3 is 0 Å². The molecular formula is C21H21ClFN5. The van der Waals surface area contributed by atoms with Crippen LogP contribution in [0, 0.1) is 18.7 Å². The largest absolute Gasteiger partial charge is 0.329 e. The van der Waals surface area contributed by atoms with Crippen LogP contribution < -0.4 is 0 Å². The van der Waals surface area contributed by atoms with Gasteiger partial charge in [0, 0.05) is 12.1 Å². The summed E-state index contributed by atoms with van der Waals surface area (Å²) in [5.74, 6) is 0.116. The van der Waals surface area contributed by atoms with Crippen molar-refractivity contribution in [1.82, 2.24) is 24.1 Å². The molecule has 4 rings (SSSR count). The van der Waals surface area contributed by atoms with Crippen LogP contribution in [0.2, 0.25) is 5.02 Å². The molecule has 0 atom stereocenters. The lowest BCUT2D eigenvalue weighted by molar-refractivity contribution is 0.518. The zero-order chi connectivity index (χ0) is 19.8. The number of imidazole rings is 2. The smallest absolute Gasteiger partial charge is 0.153 e. The highest BCUT2D eigenvalue weighted by Gasteiger charge is 2.18. The highest BCUT2D eigenvalue weighted by Crippen LogP contribution is 2.32. The minimum Gasteiger partial charge on any atom is -0.329 e. The van der Waals surface area contributed by atoms with Gasteiger partial charge in [-0.05, 0) is 49.6 Å². The third kappa shape index (κ3) is 3.40. The second-order valence-electron chi connectivity index (χ2n) is 7.33. The Morgan fingerprint density at radius 2 is 1.96 bits per heavy atom. The van der Waals surface area contributed by atoms with Crippen molar-refractivity contribution < 1.29 is 4.39 Å². The molecule has 0 radical (unpaired) electrons. The van der Waals surface area contributed by atoms with Crippen LogP contribution in [0.25, 0.3) is 28.3 Å². The number of aromatic nitrogens is 5. The summed E-state index contributed by atoms with van der Waals surface area (Å²) in [6, 6.07) is 8.55. The maximum Gasteiger partial charge on any atom is 0.153 e. The third-order valence-electron chi connectivity index (χ3n) is 4.75. The van der Waals surface area contributed by atoms with E-state index in [0.29, 0.717) is 5.92 Å². The van der Waals surface area contributed by atoms with Crippen LogP contribution in [0.4, 0.5) is 4.39 Å². The molecule has 0 bridgehead atoms. The number of halogens is 2. The van der Waals surface area contributed by atoms with Crippen molar-refractivity contribution >= 4 is 17.2 Å². The van der Waals surface area contributed by atoms with E-state index in [2.05, 4.69) is 28.4 Å². The van der Waals surface area contributed by atoms with Crippen molar-refractivity contribution in [3.8, 4) is 22.6 Å². The van der Waals surface area contributed by atoms with Gasteiger partial charge in [0.25, 0.3) is 0 Å². The lowest BCUT2D eigenvalue weighted by atomic mass is 10.1. The first kappa shape index (κ1) is 18.6. The van der Waals surface area contributed by atoms with Gasteiger partial charge in [-0.3, -0.25) is 0 Å². The van der Waals surface area contributed by atoms with E-state index in [-0.39, 0.29) is 5.02 Å². The molecule has 0 amide bonds. The Morgan fingerprint density at radius 1 is 1.14 bits per heavy atom. The Hall–Kier alpha value is -2.73. The van der Waals surface area contributed by atoms with Crippen LogP contribution >= 0.6 is 11.6 Å². The van der Waals surface area contributed by atoms with Crippen molar-refractivity contribution in [3.05, 3.63) is 59.4 Å². The fraction of sp³-hybridized carbons (Fsp3) is 0.286. The Balaban J connectivity index is 1.89. The second kappa shape index (κ2) is 7.36. The summed E-state index contributed by atoms with van der Waals surface area (Å²) in [6.07, 6.45) is 4.62. The van der Waals surface area contributed by atoms with Gasteiger partial charge in [-0.25, -0.2) is 18.9 Å². The molecule has 3 aromatic heterocycles. The van der Waals surface area contributed by atoms with E-state index in [1.54, 1.807) is 18.3 Å². The number of benzene rings is 1. The van der Waals surface area contributed by atoms with Crippen LogP contribution in [0.1, 0.15) is 26.0 Å². The summed E-state index contributed by atoms with van der Waals surface area (Å²) in [7, 11) is 0. The fourth-order valence-corrected chi connectivity index (χ4v) is 3.37. The summed E-state index contributed by atoms with van der Waals surface area (Å²) >= 11 is 6.02. The molecule has 0 aliphatic heterocycles. The van der Waals surface area contributed by atoms with Crippen LogP contribution in [0.15, 0.2) is 42.9 Å². The van der Waals surface area contributed by atoms with E-state index in [0.717, 1.165) is 47.0 Å². The van der Waals surface area contributed by atoms with Crippen LogP contribution in [0.3, 0.4) is 0 Å². The minimum absolute atomic E-state index is 0.0778. The molecule has 4 aromatic rings. The number of fused-ring (bicyclic) bond motifs is 1. The maximum atomic E-state index is 13.7. The minimum atomic E-state index is -0.445. The molecule has 1 aromatic carbocycles. The van der Waals surface area contributed by atoms with Gasteiger partial charge in [0.2, 0.25) is 0 Å². The molecule has 0 spiro atoms. The van der Waals surface area contributed by atoms with Gasteiger partial charge in [0.1, 0.15) is 11.5 Å². The van der Waals surface area contributed by atoms with Gasteiger partial charge in [-0.2, -0.15) is 5.10 Å². The topological polar surface area (TPSA) is 48.0 Å². The first-order chi connectivity index (χ1) is 13.4. The Kier molecular flexibility index (Phi) is 4.89. The van der Waals surface area contributed by atoms with E-state index >= 15 is 0 Å². The Labute approximate surface area is 167 Å². The molecule has 0 N–H and O–H groups in total. The molecule has 0 aliphatic carbocycles. The van der Waals surface area contributed by atoms with Gasteiger partial charge in [-0.15, -0.1) is 0 Å². The molecular weight excluding hydrogens is 377 g/mol. The Morgan fingerprint density at radius 3 is 2.71 bits per heavy atom. The molecule has 0 fully saturated rings. The maximum absolute atomic E-state index is 13.7. The molecule has 3 heterocycles. The third-order valence-corrected chi connectivity index (χ3v) is 5.04. The molecule has 5 nitrogen and oxygen atoms in total. The summed E-state index contributed by atoms with van der Waals surface area (Å²) in [6.45, 7) is 7.16. The number of hydrogen-bond acceptors (Lipinski definition) is 3. The van der Waals surface area contributed by atoms with Crippen molar-refractivity contribution in [2.45, 2.75) is 33.7 Å². The number of hydrogen-bond donors (Lipinski definition) is 0. The highest BCUT2D eigenvalue weighted by molar-refractivity contribution is 6.31. The van der Waals surface area contributed by atoms with Gasteiger partial charge in [0.15, 0.2) is 5.65 Å².